The molecule has 0 radical (unpaired) electrons. The number of carbonyl (C=O) groups is 1. The highest BCUT2D eigenvalue weighted by Crippen LogP contribution is 2.24. The van der Waals surface area contributed by atoms with Crippen molar-refractivity contribution in [1.29, 1.82) is 0 Å². The largest absolute Gasteiger partial charge is 0.337 e. The zero-order chi connectivity index (χ0) is 14.7. The lowest BCUT2D eigenvalue weighted by molar-refractivity contribution is -0.134. The minimum Gasteiger partial charge on any atom is -0.337 e. The third-order valence-corrected chi connectivity index (χ3v) is 4.52. The van der Waals surface area contributed by atoms with Crippen molar-refractivity contribution in [3.05, 3.63) is 22.1 Å². The predicted octanol–water partition coefficient (Wildman–Crippen LogP) is 1.96. The van der Waals surface area contributed by atoms with Crippen LogP contribution in [-0.4, -0.2) is 38.6 Å². The first-order chi connectivity index (χ1) is 9.47. The van der Waals surface area contributed by atoms with Crippen LogP contribution in [0.1, 0.15) is 38.8 Å². The highest BCUT2D eigenvalue weighted by Gasteiger charge is 2.28. The van der Waals surface area contributed by atoms with Crippen LogP contribution in [0.4, 0.5) is 0 Å². The van der Waals surface area contributed by atoms with E-state index < -0.39 is 0 Å². The van der Waals surface area contributed by atoms with Gasteiger partial charge in [0.15, 0.2) is 5.16 Å². The lowest BCUT2D eigenvalue weighted by Gasteiger charge is -2.39. The first kappa shape index (κ1) is 15.1. The van der Waals surface area contributed by atoms with Crippen molar-refractivity contribution in [1.82, 2.24) is 14.9 Å². The first-order valence-electron chi connectivity index (χ1n) is 6.99. The number of piperidine rings is 1. The maximum atomic E-state index is 12.3. The molecule has 110 valence electrons. The maximum Gasteiger partial charge on any atom is 0.251 e. The second kappa shape index (κ2) is 6.43. The molecule has 0 bridgehead atoms. The van der Waals surface area contributed by atoms with E-state index in [0.29, 0.717) is 28.7 Å². The van der Waals surface area contributed by atoms with Gasteiger partial charge in [-0.1, -0.05) is 11.8 Å². The SMILES string of the molecule is Cc1cc(=O)[nH]c(SCC(=O)N2[C@H](C)CCC[C@H]2C)n1. The third kappa shape index (κ3) is 3.62. The predicted molar refractivity (Wildman–Crippen MR) is 79.9 cm³/mol. The summed E-state index contributed by atoms with van der Waals surface area (Å²) in [4.78, 5) is 32.6. The quantitative estimate of drug-likeness (QED) is 0.684. The van der Waals surface area contributed by atoms with Crippen molar-refractivity contribution in [3.63, 3.8) is 0 Å². The molecule has 1 aliphatic heterocycles. The normalized spacial score (nSPS) is 22.9. The standard InChI is InChI=1S/C14H21N3O2S/c1-9-7-12(18)16-14(15-9)20-8-13(19)17-10(2)5-4-6-11(17)3/h7,10-11H,4-6,8H2,1-3H3,(H,15,16,18)/t10-,11-/m1/s1. The number of thioether (sulfide) groups is 1. The van der Waals surface area contributed by atoms with Gasteiger partial charge in [0, 0.05) is 23.8 Å². The van der Waals surface area contributed by atoms with Gasteiger partial charge in [0.1, 0.15) is 0 Å². The molecule has 1 N–H and O–H groups in total. The van der Waals surface area contributed by atoms with Crippen molar-refractivity contribution in [2.24, 2.45) is 0 Å². The number of H-pyrrole nitrogens is 1. The molecule has 1 saturated heterocycles. The van der Waals surface area contributed by atoms with Gasteiger partial charge in [0.25, 0.3) is 5.56 Å². The number of hydrogen-bond donors (Lipinski definition) is 1. The van der Waals surface area contributed by atoms with Crippen molar-refractivity contribution >= 4 is 17.7 Å². The molecule has 2 heterocycles. The number of aromatic amines is 1. The number of aromatic nitrogens is 2. The summed E-state index contributed by atoms with van der Waals surface area (Å²) in [5.74, 6) is 0.444. The third-order valence-electron chi connectivity index (χ3n) is 3.66. The van der Waals surface area contributed by atoms with Crippen LogP contribution in [-0.2, 0) is 4.79 Å². The van der Waals surface area contributed by atoms with Crippen LogP contribution in [0, 0.1) is 6.92 Å². The second-order valence-electron chi connectivity index (χ2n) is 5.41. The van der Waals surface area contributed by atoms with Crippen LogP contribution in [0.5, 0.6) is 0 Å². The number of likely N-dealkylation sites (tertiary alicyclic amines) is 1. The zero-order valence-electron chi connectivity index (χ0n) is 12.2. The fourth-order valence-electron chi connectivity index (χ4n) is 2.74. The Bertz CT molecular complexity index is 533. The summed E-state index contributed by atoms with van der Waals surface area (Å²) in [5, 5.41) is 0.515. The molecule has 1 amide bonds. The summed E-state index contributed by atoms with van der Waals surface area (Å²) in [7, 11) is 0. The maximum absolute atomic E-state index is 12.3. The van der Waals surface area contributed by atoms with Gasteiger partial charge in [-0.2, -0.15) is 0 Å². The molecule has 1 fully saturated rings. The number of amides is 1. The van der Waals surface area contributed by atoms with Gasteiger partial charge in [-0.3, -0.25) is 9.59 Å². The highest BCUT2D eigenvalue weighted by atomic mass is 32.2. The van der Waals surface area contributed by atoms with Gasteiger partial charge >= 0.3 is 0 Å². The Morgan fingerprint density at radius 3 is 2.70 bits per heavy atom. The number of nitrogens with one attached hydrogen (secondary N) is 1. The van der Waals surface area contributed by atoms with Gasteiger partial charge < -0.3 is 9.88 Å². The van der Waals surface area contributed by atoms with Gasteiger partial charge in [-0.15, -0.1) is 0 Å². The first-order valence-corrected chi connectivity index (χ1v) is 7.98. The molecule has 2 atom stereocenters. The van der Waals surface area contributed by atoms with Crippen LogP contribution < -0.4 is 5.56 Å². The Hall–Kier alpha value is -1.30. The highest BCUT2D eigenvalue weighted by molar-refractivity contribution is 7.99. The summed E-state index contributed by atoms with van der Waals surface area (Å²) in [6.07, 6.45) is 3.33. The van der Waals surface area contributed by atoms with E-state index in [9.17, 15) is 9.59 Å². The smallest absolute Gasteiger partial charge is 0.251 e. The average molecular weight is 295 g/mol. The molecule has 0 saturated carbocycles. The van der Waals surface area contributed by atoms with Crippen LogP contribution in [0.2, 0.25) is 0 Å². The molecule has 1 aromatic rings. The molecular formula is C14H21N3O2S. The van der Waals surface area contributed by atoms with Crippen LogP contribution in [0.15, 0.2) is 16.0 Å². The summed E-state index contributed by atoms with van der Waals surface area (Å²) >= 11 is 1.30. The van der Waals surface area contributed by atoms with E-state index in [2.05, 4.69) is 23.8 Å². The molecule has 0 aliphatic carbocycles. The minimum atomic E-state index is -0.174. The van der Waals surface area contributed by atoms with Crippen molar-refractivity contribution in [3.8, 4) is 0 Å². The van der Waals surface area contributed by atoms with Crippen molar-refractivity contribution in [2.45, 2.75) is 57.3 Å². The Kier molecular flexibility index (Phi) is 4.86. The second-order valence-corrected chi connectivity index (χ2v) is 6.37. The molecule has 1 aliphatic rings. The molecule has 6 heteroatoms. The van der Waals surface area contributed by atoms with Gasteiger partial charge in [0.2, 0.25) is 5.91 Å². The van der Waals surface area contributed by atoms with E-state index in [4.69, 9.17) is 0 Å². The topological polar surface area (TPSA) is 66.1 Å². The molecular weight excluding hydrogens is 274 g/mol. The Morgan fingerprint density at radius 1 is 1.45 bits per heavy atom. The molecule has 1 aromatic heterocycles. The zero-order valence-corrected chi connectivity index (χ0v) is 13.0. The molecule has 0 unspecified atom stereocenters. The summed E-state index contributed by atoms with van der Waals surface area (Å²) in [5.41, 5.74) is 0.496. The molecule has 5 nitrogen and oxygen atoms in total. The number of hydrogen-bond acceptors (Lipinski definition) is 4. The average Bonchev–Trinajstić information content (AvgIpc) is 2.35. The minimum absolute atomic E-state index is 0.124. The summed E-state index contributed by atoms with van der Waals surface area (Å²) < 4.78 is 0. The van der Waals surface area contributed by atoms with Gasteiger partial charge in [-0.25, -0.2) is 4.98 Å². The molecule has 0 aromatic carbocycles. The number of nitrogens with zero attached hydrogens (tertiary/aromatic N) is 2. The van der Waals surface area contributed by atoms with Crippen LogP contribution in [0.25, 0.3) is 0 Å². The Morgan fingerprint density at radius 2 is 2.10 bits per heavy atom. The van der Waals surface area contributed by atoms with E-state index in [1.165, 1.54) is 24.2 Å². The van der Waals surface area contributed by atoms with E-state index in [0.717, 1.165) is 12.8 Å². The fourth-order valence-corrected chi connectivity index (χ4v) is 3.53. The van der Waals surface area contributed by atoms with Gasteiger partial charge in [0.05, 0.1) is 5.75 Å². The van der Waals surface area contributed by atoms with E-state index in [1.54, 1.807) is 6.92 Å². The van der Waals surface area contributed by atoms with E-state index in [1.807, 2.05) is 4.90 Å². The van der Waals surface area contributed by atoms with E-state index >= 15 is 0 Å². The van der Waals surface area contributed by atoms with Crippen molar-refractivity contribution < 1.29 is 4.79 Å². The summed E-state index contributed by atoms with van der Waals surface area (Å²) in [6, 6.07) is 2.05. The monoisotopic (exact) mass is 295 g/mol. The molecule has 2 rings (SSSR count). The van der Waals surface area contributed by atoms with E-state index in [-0.39, 0.29) is 11.5 Å². The number of rotatable bonds is 3. The molecule has 20 heavy (non-hydrogen) atoms. The Labute approximate surface area is 123 Å². The fraction of sp³-hybridized carbons (Fsp3) is 0.643. The lowest BCUT2D eigenvalue weighted by Crippen LogP contribution is -2.48. The van der Waals surface area contributed by atoms with Gasteiger partial charge in [-0.05, 0) is 40.0 Å². The van der Waals surface area contributed by atoms with Crippen LogP contribution >= 0.6 is 11.8 Å². The number of carbonyl (C=O) groups excluding carboxylic acids is 1. The lowest BCUT2D eigenvalue weighted by atomic mass is 9.98. The molecule has 0 spiro atoms. The Balaban J connectivity index is 1.99. The summed E-state index contributed by atoms with van der Waals surface area (Å²) in [6.45, 7) is 5.98. The van der Waals surface area contributed by atoms with Crippen LogP contribution in [0.3, 0.4) is 0 Å². The van der Waals surface area contributed by atoms with Crippen molar-refractivity contribution in [2.75, 3.05) is 5.75 Å². The number of aryl methyl sites for hydroxylation is 1.